The minimum absolute atomic E-state index is 0.0859. The molecule has 0 saturated carbocycles. The number of ether oxygens (including phenoxy) is 1. The van der Waals surface area contributed by atoms with Crippen LogP contribution in [-0.4, -0.2) is 60.5 Å². The first kappa shape index (κ1) is 18.4. The molecule has 5 heteroatoms. The number of hydrogen-bond donors (Lipinski definition) is 0. The minimum Gasteiger partial charge on any atom is -0.488 e. The molecule has 1 saturated heterocycles. The maximum Gasteiger partial charge on any atom is 0.236 e. The highest BCUT2D eigenvalue weighted by Gasteiger charge is 2.33. The molecule has 0 aliphatic carbocycles. The molecule has 1 fully saturated rings. The van der Waals surface area contributed by atoms with Crippen LogP contribution in [0.2, 0.25) is 0 Å². The van der Waals surface area contributed by atoms with E-state index in [0.717, 1.165) is 31.7 Å². The van der Waals surface area contributed by atoms with Gasteiger partial charge in [0.1, 0.15) is 11.9 Å². The van der Waals surface area contributed by atoms with Crippen molar-refractivity contribution in [1.82, 2.24) is 14.8 Å². The molecule has 1 amide bonds. The second-order valence-electron chi connectivity index (χ2n) is 7.16. The summed E-state index contributed by atoms with van der Waals surface area (Å²) in [6.07, 6.45) is 5.33. The highest BCUT2D eigenvalue weighted by Crippen LogP contribution is 2.26. The molecule has 26 heavy (non-hydrogen) atoms. The van der Waals surface area contributed by atoms with Crippen molar-refractivity contribution in [3.05, 3.63) is 60.4 Å². The van der Waals surface area contributed by atoms with Crippen LogP contribution in [0, 0.1) is 5.92 Å². The topological polar surface area (TPSA) is 45.7 Å². The average molecular weight is 353 g/mol. The summed E-state index contributed by atoms with van der Waals surface area (Å²) in [6, 6.07) is 14.3. The molecule has 0 radical (unpaired) electrons. The third kappa shape index (κ3) is 5.05. The lowest BCUT2D eigenvalue weighted by atomic mass is 9.88. The van der Waals surface area contributed by atoms with Gasteiger partial charge in [0.2, 0.25) is 5.91 Å². The number of nitrogens with zero attached hydrogens (tertiary/aromatic N) is 3. The lowest BCUT2D eigenvalue weighted by molar-refractivity contribution is -0.135. The number of carbonyl (C=O) groups excluding carboxylic acids is 1. The maximum atomic E-state index is 12.5. The van der Waals surface area contributed by atoms with E-state index in [1.807, 2.05) is 42.1 Å². The fourth-order valence-corrected chi connectivity index (χ4v) is 3.47. The minimum atomic E-state index is 0.0859. The number of hydrogen-bond acceptors (Lipinski definition) is 4. The fraction of sp³-hybridized carbons (Fsp3) is 0.429. The Kier molecular flexibility index (Phi) is 6.23. The van der Waals surface area contributed by atoms with Gasteiger partial charge in [0, 0.05) is 31.6 Å². The Morgan fingerprint density at radius 1 is 1.23 bits per heavy atom. The molecule has 3 rings (SSSR count). The quantitative estimate of drug-likeness (QED) is 0.800. The largest absolute Gasteiger partial charge is 0.488 e. The summed E-state index contributed by atoms with van der Waals surface area (Å²) >= 11 is 0. The second kappa shape index (κ2) is 8.81. The van der Waals surface area contributed by atoms with E-state index in [1.165, 1.54) is 5.56 Å². The van der Waals surface area contributed by atoms with Gasteiger partial charge < -0.3 is 14.5 Å². The smallest absolute Gasteiger partial charge is 0.236 e. The monoisotopic (exact) mass is 353 g/mol. The van der Waals surface area contributed by atoms with Crippen molar-refractivity contribution in [2.75, 3.05) is 33.7 Å². The number of piperidine rings is 1. The first-order valence-corrected chi connectivity index (χ1v) is 9.15. The Hall–Kier alpha value is -2.40. The predicted molar refractivity (Wildman–Crippen MR) is 102 cm³/mol. The van der Waals surface area contributed by atoms with Crippen LogP contribution in [0.4, 0.5) is 0 Å². The number of pyridine rings is 1. The molecule has 138 valence electrons. The summed E-state index contributed by atoms with van der Waals surface area (Å²) in [5, 5.41) is 0. The number of amides is 1. The zero-order valence-corrected chi connectivity index (χ0v) is 15.5. The molecule has 1 aromatic heterocycles. The van der Waals surface area contributed by atoms with Crippen LogP contribution < -0.4 is 4.74 Å². The molecule has 2 aromatic rings. The van der Waals surface area contributed by atoms with E-state index in [1.54, 1.807) is 12.4 Å². The molecule has 5 nitrogen and oxygen atoms in total. The van der Waals surface area contributed by atoms with Gasteiger partial charge in [0.25, 0.3) is 0 Å². The maximum absolute atomic E-state index is 12.5. The molecule has 0 unspecified atom stereocenters. The molecule has 0 bridgehead atoms. The third-order valence-electron chi connectivity index (χ3n) is 4.73. The molecular weight excluding hydrogens is 326 g/mol. The first-order chi connectivity index (χ1) is 12.6. The lowest BCUT2D eigenvalue weighted by Gasteiger charge is -2.39. The Bertz CT molecular complexity index is 691. The molecular formula is C21H27N3O2. The van der Waals surface area contributed by atoms with Gasteiger partial charge in [0.15, 0.2) is 0 Å². The van der Waals surface area contributed by atoms with Gasteiger partial charge in [-0.15, -0.1) is 0 Å². The average Bonchev–Trinajstić information content (AvgIpc) is 2.64. The van der Waals surface area contributed by atoms with Gasteiger partial charge >= 0.3 is 0 Å². The van der Waals surface area contributed by atoms with Crippen molar-refractivity contribution in [3.63, 3.8) is 0 Å². The van der Waals surface area contributed by atoms with Crippen LogP contribution in [0.5, 0.6) is 5.75 Å². The number of carbonyl (C=O) groups is 1. The molecule has 2 atom stereocenters. The summed E-state index contributed by atoms with van der Waals surface area (Å²) in [4.78, 5) is 20.6. The molecule has 0 spiro atoms. The Morgan fingerprint density at radius 3 is 2.73 bits per heavy atom. The van der Waals surface area contributed by atoms with Gasteiger partial charge in [-0.25, -0.2) is 0 Å². The van der Waals surface area contributed by atoms with E-state index >= 15 is 0 Å². The molecule has 1 aliphatic rings. The van der Waals surface area contributed by atoms with E-state index in [0.29, 0.717) is 6.54 Å². The Balaban J connectivity index is 1.72. The summed E-state index contributed by atoms with van der Waals surface area (Å²) in [5.41, 5.74) is 1.28. The number of likely N-dealkylation sites (tertiary alicyclic amines) is 1. The normalized spacial score (nSPS) is 20.2. The van der Waals surface area contributed by atoms with Crippen LogP contribution in [0.3, 0.4) is 0 Å². The highest BCUT2D eigenvalue weighted by atomic mass is 16.5. The van der Waals surface area contributed by atoms with Gasteiger partial charge in [-0.3, -0.25) is 9.78 Å². The van der Waals surface area contributed by atoms with Crippen LogP contribution in [0.25, 0.3) is 0 Å². The van der Waals surface area contributed by atoms with E-state index in [2.05, 4.69) is 29.2 Å². The highest BCUT2D eigenvalue weighted by molar-refractivity contribution is 5.78. The van der Waals surface area contributed by atoms with E-state index in [9.17, 15) is 4.79 Å². The first-order valence-electron chi connectivity index (χ1n) is 9.15. The molecule has 2 heterocycles. The number of rotatable bonds is 6. The Morgan fingerprint density at radius 2 is 2.04 bits per heavy atom. The predicted octanol–water partition coefficient (Wildman–Crippen LogP) is 2.48. The van der Waals surface area contributed by atoms with Crippen LogP contribution >= 0.6 is 0 Å². The van der Waals surface area contributed by atoms with E-state index in [-0.39, 0.29) is 17.9 Å². The summed E-state index contributed by atoms with van der Waals surface area (Å²) < 4.78 is 6.24. The van der Waals surface area contributed by atoms with E-state index < -0.39 is 0 Å². The summed E-state index contributed by atoms with van der Waals surface area (Å²) in [7, 11) is 3.86. The second-order valence-corrected chi connectivity index (χ2v) is 7.16. The molecule has 1 aliphatic heterocycles. The Labute approximate surface area is 155 Å². The lowest BCUT2D eigenvalue weighted by Crippen LogP contribution is -2.50. The van der Waals surface area contributed by atoms with Gasteiger partial charge in [-0.05, 0) is 38.2 Å². The standard InChI is InChI=1S/C21H27N3O2/c1-23(2)16-21(25)24-12-10-20(26-19-9-6-11-22-14-19)18(15-24)13-17-7-4-3-5-8-17/h3-9,11,14,18,20H,10,12-13,15-16H2,1-2H3/t18-,20-/m1/s1. The van der Waals surface area contributed by atoms with Gasteiger partial charge in [-0.1, -0.05) is 30.3 Å². The summed E-state index contributed by atoms with van der Waals surface area (Å²) in [6.45, 7) is 1.92. The summed E-state index contributed by atoms with van der Waals surface area (Å²) in [5.74, 6) is 1.24. The van der Waals surface area contributed by atoms with Crippen molar-refractivity contribution in [2.24, 2.45) is 5.92 Å². The fourth-order valence-electron chi connectivity index (χ4n) is 3.47. The number of benzene rings is 1. The van der Waals surface area contributed by atoms with Crippen LogP contribution in [-0.2, 0) is 11.2 Å². The van der Waals surface area contributed by atoms with Crippen molar-refractivity contribution in [1.29, 1.82) is 0 Å². The van der Waals surface area contributed by atoms with Crippen LogP contribution in [0.1, 0.15) is 12.0 Å². The molecule has 1 aromatic carbocycles. The zero-order chi connectivity index (χ0) is 18.4. The van der Waals surface area contributed by atoms with Gasteiger partial charge in [0.05, 0.1) is 12.7 Å². The van der Waals surface area contributed by atoms with Crippen molar-refractivity contribution >= 4 is 5.91 Å². The zero-order valence-electron chi connectivity index (χ0n) is 15.5. The van der Waals surface area contributed by atoms with Gasteiger partial charge in [-0.2, -0.15) is 0 Å². The number of aromatic nitrogens is 1. The van der Waals surface area contributed by atoms with Crippen molar-refractivity contribution in [3.8, 4) is 5.75 Å². The molecule has 0 N–H and O–H groups in total. The third-order valence-corrected chi connectivity index (χ3v) is 4.73. The van der Waals surface area contributed by atoms with Crippen molar-refractivity contribution in [2.45, 2.75) is 18.9 Å². The van der Waals surface area contributed by atoms with Crippen molar-refractivity contribution < 1.29 is 9.53 Å². The number of likely N-dealkylation sites (N-methyl/N-ethyl adjacent to an activating group) is 1. The van der Waals surface area contributed by atoms with E-state index in [4.69, 9.17) is 4.74 Å². The SMILES string of the molecule is CN(C)CC(=O)N1CC[C@@H](Oc2cccnc2)[C@H](Cc2ccccc2)C1. The van der Waals surface area contributed by atoms with Crippen LogP contribution in [0.15, 0.2) is 54.9 Å².